The molecule has 1 aromatic carbocycles. The van der Waals surface area contributed by atoms with Gasteiger partial charge in [-0.15, -0.1) is 0 Å². The lowest BCUT2D eigenvalue weighted by Crippen LogP contribution is -2.32. The van der Waals surface area contributed by atoms with Gasteiger partial charge in [0.25, 0.3) is 5.91 Å². The van der Waals surface area contributed by atoms with Gasteiger partial charge in [0.2, 0.25) is 0 Å². The van der Waals surface area contributed by atoms with Crippen molar-refractivity contribution < 1.29 is 13.2 Å². The molecule has 1 amide bonds. The molecule has 0 fully saturated rings. The lowest BCUT2D eigenvalue weighted by Gasteiger charge is -2.19. The van der Waals surface area contributed by atoms with Crippen molar-refractivity contribution in [3.8, 4) is 0 Å². The summed E-state index contributed by atoms with van der Waals surface area (Å²) in [5.74, 6) is -0.225. The van der Waals surface area contributed by atoms with Gasteiger partial charge < -0.3 is 10.6 Å². The molecular weight excluding hydrogens is 264 g/mol. The maximum Gasteiger partial charge on any atom is 0.251 e. The largest absolute Gasteiger partial charge is 0.351 e. The van der Waals surface area contributed by atoms with Crippen LogP contribution in [0.2, 0.25) is 0 Å². The minimum absolute atomic E-state index is 0.0324. The molecule has 0 bridgehead atoms. The van der Waals surface area contributed by atoms with Crippen molar-refractivity contribution in [1.82, 2.24) is 10.6 Å². The Hall–Kier alpha value is -1.40. The maximum atomic E-state index is 12.1. The van der Waals surface area contributed by atoms with Crippen molar-refractivity contribution in [3.05, 3.63) is 34.9 Å². The van der Waals surface area contributed by atoms with E-state index >= 15 is 0 Å². The highest BCUT2D eigenvalue weighted by Gasteiger charge is 2.17. The molecule has 2 N–H and O–H groups in total. The van der Waals surface area contributed by atoms with E-state index in [2.05, 4.69) is 10.6 Å². The lowest BCUT2D eigenvalue weighted by atomic mass is 9.95. The predicted molar refractivity (Wildman–Crippen MR) is 73.9 cm³/mol. The van der Waals surface area contributed by atoms with Crippen LogP contribution in [-0.4, -0.2) is 39.4 Å². The van der Waals surface area contributed by atoms with Crippen LogP contribution in [0.15, 0.2) is 18.2 Å². The number of hydrogen-bond acceptors (Lipinski definition) is 4. The fourth-order valence-electron chi connectivity index (χ4n) is 2.19. The first-order valence-electron chi connectivity index (χ1n) is 6.25. The molecule has 0 unspecified atom stereocenters. The summed E-state index contributed by atoms with van der Waals surface area (Å²) >= 11 is 0. The highest BCUT2D eigenvalue weighted by Crippen LogP contribution is 2.18. The van der Waals surface area contributed by atoms with Crippen LogP contribution in [0.4, 0.5) is 0 Å². The molecule has 0 spiro atoms. The summed E-state index contributed by atoms with van der Waals surface area (Å²) in [5, 5.41) is 5.93. The average Bonchev–Trinajstić information content (AvgIpc) is 2.36. The molecule has 2 rings (SSSR count). The predicted octanol–water partition coefficient (Wildman–Crippen LogP) is 0.107. The van der Waals surface area contributed by atoms with Crippen LogP contribution in [-0.2, 0) is 22.8 Å². The van der Waals surface area contributed by atoms with E-state index in [9.17, 15) is 13.2 Å². The van der Waals surface area contributed by atoms with Crippen molar-refractivity contribution in [2.45, 2.75) is 13.0 Å². The fourth-order valence-corrected chi connectivity index (χ4v) is 2.66. The molecule has 0 atom stereocenters. The second kappa shape index (κ2) is 5.71. The fraction of sp³-hybridized carbons (Fsp3) is 0.462. The van der Waals surface area contributed by atoms with Crippen LogP contribution in [0.1, 0.15) is 21.5 Å². The minimum Gasteiger partial charge on any atom is -0.351 e. The zero-order valence-corrected chi connectivity index (χ0v) is 11.7. The Balaban J connectivity index is 2.07. The second-order valence-corrected chi connectivity index (χ2v) is 7.02. The molecule has 104 valence electrons. The number of benzene rings is 1. The average molecular weight is 282 g/mol. The zero-order valence-electron chi connectivity index (χ0n) is 10.9. The maximum absolute atomic E-state index is 12.1. The molecule has 0 saturated heterocycles. The Kier molecular flexibility index (Phi) is 4.21. The van der Waals surface area contributed by atoms with Gasteiger partial charge in [0.15, 0.2) is 0 Å². The third-order valence-electron chi connectivity index (χ3n) is 3.14. The van der Waals surface area contributed by atoms with Gasteiger partial charge in [0.05, 0.1) is 5.75 Å². The molecule has 1 aromatic rings. The number of nitrogens with one attached hydrogen (secondary N) is 2. The van der Waals surface area contributed by atoms with Crippen LogP contribution >= 0.6 is 0 Å². The SMILES string of the molecule is CS(=O)(=O)CCNC(=O)c1cccc2c1CCNC2. The van der Waals surface area contributed by atoms with Crippen LogP contribution < -0.4 is 10.6 Å². The number of sulfone groups is 1. The summed E-state index contributed by atoms with van der Waals surface area (Å²) in [6.07, 6.45) is 1.99. The monoisotopic (exact) mass is 282 g/mol. The molecular formula is C13H18N2O3S. The van der Waals surface area contributed by atoms with Gasteiger partial charge in [-0.3, -0.25) is 4.79 Å². The van der Waals surface area contributed by atoms with Crippen LogP contribution in [0.3, 0.4) is 0 Å². The molecule has 19 heavy (non-hydrogen) atoms. The van der Waals surface area contributed by atoms with Crippen molar-refractivity contribution in [2.75, 3.05) is 25.1 Å². The van der Waals surface area contributed by atoms with Crippen molar-refractivity contribution in [2.24, 2.45) is 0 Å². The number of amides is 1. The van der Waals surface area contributed by atoms with Crippen LogP contribution in [0, 0.1) is 0 Å². The summed E-state index contributed by atoms with van der Waals surface area (Å²) in [6, 6.07) is 5.66. The van der Waals surface area contributed by atoms with Crippen LogP contribution in [0.25, 0.3) is 0 Å². The first-order valence-corrected chi connectivity index (χ1v) is 8.31. The number of rotatable bonds is 4. The molecule has 0 saturated carbocycles. The van der Waals surface area contributed by atoms with E-state index < -0.39 is 9.84 Å². The standard InChI is InChI=1S/C13H18N2O3S/c1-19(17,18)8-7-15-13(16)12-4-2-3-10-9-14-6-5-11(10)12/h2-4,14H,5-9H2,1H3,(H,15,16). The van der Waals surface area contributed by atoms with Crippen LogP contribution in [0.5, 0.6) is 0 Å². The minimum atomic E-state index is -3.04. The second-order valence-electron chi connectivity index (χ2n) is 4.76. The summed E-state index contributed by atoms with van der Waals surface area (Å²) in [7, 11) is -3.04. The van der Waals surface area contributed by atoms with E-state index in [1.807, 2.05) is 12.1 Å². The summed E-state index contributed by atoms with van der Waals surface area (Å²) in [4.78, 5) is 12.1. The van der Waals surface area contributed by atoms with E-state index in [4.69, 9.17) is 0 Å². The molecule has 1 aliphatic heterocycles. The quantitative estimate of drug-likeness (QED) is 0.822. The molecule has 1 heterocycles. The smallest absolute Gasteiger partial charge is 0.251 e. The Labute approximate surface area is 113 Å². The summed E-state index contributed by atoms with van der Waals surface area (Å²) in [6.45, 7) is 1.79. The Morgan fingerprint density at radius 2 is 2.21 bits per heavy atom. The number of carbonyl (C=O) groups excluding carboxylic acids is 1. The van der Waals surface area contributed by atoms with E-state index in [-0.39, 0.29) is 18.2 Å². The lowest BCUT2D eigenvalue weighted by molar-refractivity contribution is 0.0955. The molecule has 5 nitrogen and oxygen atoms in total. The van der Waals surface area contributed by atoms with Gasteiger partial charge in [0.1, 0.15) is 9.84 Å². The Morgan fingerprint density at radius 1 is 1.42 bits per heavy atom. The molecule has 0 aliphatic carbocycles. The van der Waals surface area contributed by atoms with Crippen molar-refractivity contribution >= 4 is 15.7 Å². The molecule has 1 aliphatic rings. The highest BCUT2D eigenvalue weighted by molar-refractivity contribution is 7.90. The van der Waals surface area contributed by atoms with E-state index in [0.29, 0.717) is 5.56 Å². The molecule has 0 radical (unpaired) electrons. The first-order chi connectivity index (χ1) is 8.97. The topological polar surface area (TPSA) is 75.3 Å². The number of fused-ring (bicyclic) bond motifs is 1. The van der Waals surface area contributed by atoms with Crippen molar-refractivity contribution in [1.29, 1.82) is 0 Å². The Morgan fingerprint density at radius 3 is 2.95 bits per heavy atom. The third-order valence-corrected chi connectivity index (χ3v) is 4.09. The molecule has 6 heteroatoms. The number of carbonyl (C=O) groups is 1. The third kappa shape index (κ3) is 3.78. The van der Waals surface area contributed by atoms with Gasteiger partial charge >= 0.3 is 0 Å². The number of hydrogen-bond donors (Lipinski definition) is 2. The summed E-state index contributed by atoms with van der Waals surface area (Å²) < 4.78 is 22.0. The van der Waals surface area contributed by atoms with Gasteiger partial charge in [-0.05, 0) is 30.2 Å². The van der Waals surface area contributed by atoms with Gasteiger partial charge in [-0.2, -0.15) is 0 Å². The highest BCUT2D eigenvalue weighted by atomic mass is 32.2. The normalized spacial score (nSPS) is 14.8. The van der Waals surface area contributed by atoms with E-state index in [1.54, 1.807) is 6.07 Å². The van der Waals surface area contributed by atoms with E-state index in [0.717, 1.165) is 36.9 Å². The van der Waals surface area contributed by atoms with Crippen molar-refractivity contribution in [3.63, 3.8) is 0 Å². The van der Waals surface area contributed by atoms with Gasteiger partial charge in [-0.25, -0.2) is 8.42 Å². The van der Waals surface area contributed by atoms with Gasteiger partial charge in [0, 0.05) is 24.9 Å². The first kappa shape index (κ1) is 14.0. The zero-order chi connectivity index (χ0) is 13.9. The Bertz CT molecular complexity index is 582. The van der Waals surface area contributed by atoms with Gasteiger partial charge in [-0.1, -0.05) is 12.1 Å². The molecule has 0 aromatic heterocycles. The summed E-state index contributed by atoms with van der Waals surface area (Å²) in [5.41, 5.74) is 2.87. The van der Waals surface area contributed by atoms with E-state index in [1.165, 1.54) is 0 Å².